The lowest BCUT2D eigenvalue weighted by Gasteiger charge is -2.34. The Balaban J connectivity index is 0.909. The monoisotopic (exact) mass is 845 g/mol. The molecule has 10 aromatic carbocycles. The Hall–Kier alpha value is -8.47. The number of hydrogen-bond donors (Lipinski definition) is 0. The molecule has 1 atom stereocenters. The Morgan fingerprint density at radius 2 is 0.896 bits per heavy atom. The van der Waals surface area contributed by atoms with E-state index in [4.69, 9.17) is 4.74 Å². The van der Waals surface area contributed by atoms with Gasteiger partial charge in [-0.25, -0.2) is 0 Å². The number of ether oxygens (including phenoxy) is 1. The highest BCUT2D eigenvalue weighted by Gasteiger charge is 2.44. The molecule has 5 aliphatic rings. The average Bonchev–Trinajstić information content (AvgIpc) is 4.10. The third-order valence-electron chi connectivity index (χ3n) is 16.5. The van der Waals surface area contributed by atoms with Crippen LogP contribution in [0.25, 0.3) is 93.6 Å². The second-order valence-corrected chi connectivity index (χ2v) is 19.4. The summed E-state index contributed by atoms with van der Waals surface area (Å²) >= 11 is 0. The number of para-hydroxylation sites is 4. The van der Waals surface area contributed by atoms with E-state index in [1.165, 1.54) is 143 Å². The van der Waals surface area contributed by atoms with Gasteiger partial charge in [-0.15, -0.1) is 0 Å². The summed E-state index contributed by atoms with van der Waals surface area (Å²) in [4.78, 5) is 0. The van der Waals surface area contributed by atoms with Crippen LogP contribution in [0.3, 0.4) is 0 Å². The van der Waals surface area contributed by atoms with Gasteiger partial charge in [-0.1, -0.05) is 146 Å². The van der Waals surface area contributed by atoms with Crippen molar-refractivity contribution >= 4 is 112 Å². The van der Waals surface area contributed by atoms with Crippen molar-refractivity contribution in [3.05, 3.63) is 211 Å². The van der Waals surface area contributed by atoms with Gasteiger partial charge in [-0.3, -0.25) is 0 Å². The summed E-state index contributed by atoms with van der Waals surface area (Å²) in [7, 11) is 0. The van der Waals surface area contributed by atoms with Crippen molar-refractivity contribution < 1.29 is 4.74 Å². The van der Waals surface area contributed by atoms with Crippen molar-refractivity contribution in [3.63, 3.8) is 0 Å². The zero-order valence-electron chi connectivity index (χ0n) is 36.0. The van der Waals surface area contributed by atoms with Crippen LogP contribution in [-0.2, 0) is 0 Å². The van der Waals surface area contributed by atoms with Gasteiger partial charge in [0.25, 0.3) is 13.4 Å². The first-order valence-electron chi connectivity index (χ1n) is 23.6. The minimum absolute atomic E-state index is 0.0211. The van der Waals surface area contributed by atoms with E-state index in [1.54, 1.807) is 0 Å². The number of aromatic nitrogens is 3. The summed E-state index contributed by atoms with van der Waals surface area (Å²) in [6.07, 6.45) is 0. The van der Waals surface area contributed by atoms with Crippen LogP contribution in [0.15, 0.2) is 194 Å². The van der Waals surface area contributed by atoms with Crippen LogP contribution < -0.4 is 37.5 Å². The normalized spacial score (nSPS) is 15.1. The summed E-state index contributed by atoms with van der Waals surface area (Å²) in [5, 5.41) is 7.79. The van der Waals surface area contributed by atoms with Crippen LogP contribution in [0.2, 0.25) is 0 Å². The molecule has 304 valence electrons. The molecule has 0 saturated heterocycles. The van der Waals surface area contributed by atoms with Crippen LogP contribution in [0, 0.1) is 0 Å². The maximum absolute atomic E-state index is 7.12. The van der Waals surface area contributed by atoms with Crippen molar-refractivity contribution in [1.29, 1.82) is 0 Å². The fraction of sp³-hybridized carbons (Fsp3) is 0.0164. The molecule has 0 fully saturated rings. The fourth-order valence-corrected chi connectivity index (χ4v) is 14.1. The number of benzene rings is 10. The summed E-state index contributed by atoms with van der Waals surface area (Å²) in [5.74, 6) is 2.05. The SMILES string of the molecule is c1ccc(C2c3ccccc3-c3cc4c(cc32)Oc2cccc3c2B4c2cccc4c5cc6c7cccc8c7n(c6cc5n-3c24)-c2cccc3c2B8c2cccc4c5ccccc5n-3c24)cc1. The van der Waals surface area contributed by atoms with E-state index in [0.29, 0.717) is 0 Å². The molecule has 0 saturated carbocycles. The maximum Gasteiger partial charge on any atom is 0.256 e. The van der Waals surface area contributed by atoms with Crippen LogP contribution >= 0.6 is 0 Å². The first kappa shape index (κ1) is 34.0. The van der Waals surface area contributed by atoms with E-state index in [0.717, 1.165) is 11.5 Å². The third-order valence-corrected chi connectivity index (χ3v) is 16.5. The van der Waals surface area contributed by atoms with Crippen molar-refractivity contribution in [3.8, 4) is 39.7 Å². The molecule has 6 heteroatoms. The fourth-order valence-electron chi connectivity index (χ4n) is 14.1. The predicted molar refractivity (Wildman–Crippen MR) is 278 cm³/mol. The molecule has 3 aromatic heterocycles. The average molecular weight is 846 g/mol. The van der Waals surface area contributed by atoms with Gasteiger partial charge < -0.3 is 18.4 Å². The Kier molecular flexibility index (Phi) is 5.82. The van der Waals surface area contributed by atoms with E-state index in [2.05, 4.69) is 208 Å². The minimum atomic E-state index is 0.0211. The molecule has 67 heavy (non-hydrogen) atoms. The molecule has 0 N–H and O–H groups in total. The number of nitrogens with zero attached hydrogens (tertiary/aromatic N) is 3. The highest BCUT2D eigenvalue weighted by molar-refractivity contribution is 7.00. The zero-order valence-corrected chi connectivity index (χ0v) is 36.0. The molecule has 0 bridgehead atoms. The van der Waals surface area contributed by atoms with Crippen molar-refractivity contribution in [2.45, 2.75) is 5.92 Å². The number of fused-ring (bicyclic) bond motifs is 20. The second kappa shape index (κ2) is 11.5. The molecule has 18 rings (SSSR count). The molecule has 0 amide bonds. The molecule has 4 nitrogen and oxygen atoms in total. The molecular formula is C61H33B2N3O. The lowest BCUT2D eigenvalue weighted by atomic mass is 9.34. The van der Waals surface area contributed by atoms with Gasteiger partial charge in [0.15, 0.2) is 0 Å². The maximum atomic E-state index is 7.12. The van der Waals surface area contributed by atoms with Crippen molar-refractivity contribution in [2.24, 2.45) is 0 Å². The first-order chi connectivity index (χ1) is 33.3. The van der Waals surface area contributed by atoms with Crippen molar-refractivity contribution in [1.82, 2.24) is 13.7 Å². The standard InChI is InChI=1S/C61H33B2N3O/c1-2-13-33(14-3-1)56-36-17-5-4-15-34(36)40-30-47-55(31-43(40)56)67-54-28-12-27-51-58(54)63(47)46-23-10-20-39-42-29-41-38-19-9-22-45-60(38)65(52(41)32-53(42)66(51)61(39)46)50-26-11-25-49-57(50)62(45)44-21-8-18-37-35-16-6-7-24-48(35)64(49)59(37)44/h1-32,56H. The lowest BCUT2D eigenvalue weighted by molar-refractivity contribution is 0.486. The highest BCUT2D eigenvalue weighted by atomic mass is 16.5. The predicted octanol–water partition coefficient (Wildman–Crippen LogP) is 10.2. The Labute approximate surface area is 384 Å². The third kappa shape index (κ3) is 3.82. The van der Waals surface area contributed by atoms with Gasteiger partial charge in [0.2, 0.25) is 0 Å². The molecule has 7 heterocycles. The van der Waals surface area contributed by atoms with Crippen LogP contribution in [-0.4, -0.2) is 27.1 Å². The molecule has 1 aliphatic carbocycles. The van der Waals surface area contributed by atoms with Crippen molar-refractivity contribution in [2.75, 3.05) is 0 Å². The van der Waals surface area contributed by atoms with Crippen LogP contribution in [0.1, 0.15) is 22.6 Å². The van der Waals surface area contributed by atoms with Gasteiger partial charge in [-0.2, -0.15) is 0 Å². The van der Waals surface area contributed by atoms with Crippen LogP contribution in [0.4, 0.5) is 0 Å². The van der Waals surface area contributed by atoms with Crippen LogP contribution in [0.5, 0.6) is 11.5 Å². The Morgan fingerprint density at radius 3 is 1.61 bits per heavy atom. The molecule has 1 unspecified atom stereocenters. The molecule has 13 aromatic rings. The molecular weight excluding hydrogens is 812 g/mol. The zero-order chi connectivity index (χ0) is 43.0. The summed E-state index contributed by atoms with van der Waals surface area (Å²) in [6, 6.07) is 73.4. The van der Waals surface area contributed by atoms with E-state index in [9.17, 15) is 0 Å². The Morgan fingerprint density at radius 1 is 0.343 bits per heavy atom. The number of hydrogen-bond acceptors (Lipinski definition) is 1. The smallest absolute Gasteiger partial charge is 0.256 e. The van der Waals surface area contributed by atoms with Gasteiger partial charge in [0.1, 0.15) is 11.5 Å². The second-order valence-electron chi connectivity index (χ2n) is 19.4. The summed E-state index contributed by atoms with van der Waals surface area (Å²) in [6.45, 7) is 0.145. The van der Waals surface area contributed by atoms with E-state index < -0.39 is 0 Å². The van der Waals surface area contributed by atoms with E-state index in [1.807, 2.05) is 0 Å². The Bertz CT molecular complexity index is 4520. The number of rotatable bonds is 1. The minimum Gasteiger partial charge on any atom is -0.458 e. The van der Waals surface area contributed by atoms with E-state index >= 15 is 0 Å². The van der Waals surface area contributed by atoms with Gasteiger partial charge in [0.05, 0.1) is 16.6 Å². The largest absolute Gasteiger partial charge is 0.458 e. The molecule has 0 radical (unpaired) electrons. The summed E-state index contributed by atoms with van der Waals surface area (Å²) < 4.78 is 14.8. The van der Waals surface area contributed by atoms with Gasteiger partial charge in [-0.05, 0) is 109 Å². The highest BCUT2D eigenvalue weighted by Crippen LogP contribution is 2.50. The lowest BCUT2D eigenvalue weighted by Crippen LogP contribution is -2.59. The topological polar surface area (TPSA) is 24.0 Å². The quantitative estimate of drug-likeness (QED) is 0.151. The molecule has 0 spiro atoms. The van der Waals surface area contributed by atoms with Gasteiger partial charge >= 0.3 is 0 Å². The van der Waals surface area contributed by atoms with Gasteiger partial charge in [0, 0.05) is 71.8 Å². The van der Waals surface area contributed by atoms with E-state index in [-0.39, 0.29) is 19.3 Å². The summed E-state index contributed by atoms with van der Waals surface area (Å²) in [5.41, 5.74) is 25.9. The first-order valence-corrected chi connectivity index (χ1v) is 23.6. The molecule has 4 aliphatic heterocycles.